The lowest BCUT2D eigenvalue weighted by molar-refractivity contribution is 0.0755. The molecule has 0 amide bonds. The van der Waals surface area contributed by atoms with Gasteiger partial charge >= 0.3 is 0 Å². The molecule has 2 rings (SSSR count). The van der Waals surface area contributed by atoms with Gasteiger partial charge in [0.1, 0.15) is 5.75 Å². The standard InChI is InChI=1S/C16H24O2/c1-3-18-15-10-8-14(9-11-15)16(17)13-6-4-12(2)5-7-13/h8-13,16-17H,3-7H2,1-2H3. The predicted octanol–water partition coefficient (Wildman–Crippen LogP) is 3.95. The van der Waals surface area contributed by atoms with Crippen molar-refractivity contribution in [3.8, 4) is 5.75 Å². The van der Waals surface area contributed by atoms with E-state index in [1.54, 1.807) is 0 Å². The topological polar surface area (TPSA) is 29.5 Å². The zero-order chi connectivity index (χ0) is 13.0. The van der Waals surface area contributed by atoms with Crippen LogP contribution >= 0.6 is 0 Å². The molecule has 0 heterocycles. The van der Waals surface area contributed by atoms with Gasteiger partial charge in [0.15, 0.2) is 0 Å². The van der Waals surface area contributed by atoms with Crippen LogP contribution in [0, 0.1) is 11.8 Å². The second-order valence-corrected chi connectivity index (χ2v) is 5.47. The Morgan fingerprint density at radius 2 is 1.78 bits per heavy atom. The molecule has 1 N–H and O–H groups in total. The molecular weight excluding hydrogens is 224 g/mol. The normalized spacial score (nSPS) is 25.7. The van der Waals surface area contributed by atoms with Crippen molar-refractivity contribution in [2.75, 3.05) is 6.61 Å². The summed E-state index contributed by atoms with van der Waals surface area (Å²) in [4.78, 5) is 0. The maximum absolute atomic E-state index is 10.4. The van der Waals surface area contributed by atoms with E-state index >= 15 is 0 Å². The minimum Gasteiger partial charge on any atom is -0.494 e. The van der Waals surface area contributed by atoms with E-state index in [0.29, 0.717) is 12.5 Å². The molecule has 0 aliphatic heterocycles. The number of ether oxygens (including phenoxy) is 1. The summed E-state index contributed by atoms with van der Waals surface area (Å²) in [6.45, 7) is 4.97. The molecule has 2 heteroatoms. The van der Waals surface area contributed by atoms with Crippen LogP contribution in [0.3, 0.4) is 0 Å². The molecule has 1 saturated carbocycles. The van der Waals surface area contributed by atoms with Crippen LogP contribution in [0.2, 0.25) is 0 Å². The van der Waals surface area contributed by atoms with E-state index in [0.717, 1.165) is 30.1 Å². The fraction of sp³-hybridized carbons (Fsp3) is 0.625. The van der Waals surface area contributed by atoms with Gasteiger partial charge in [-0.3, -0.25) is 0 Å². The molecule has 1 aromatic rings. The van der Waals surface area contributed by atoms with E-state index in [1.165, 1.54) is 12.8 Å². The first-order chi connectivity index (χ1) is 8.70. The van der Waals surface area contributed by atoms with Crippen LogP contribution in [-0.2, 0) is 0 Å². The highest BCUT2D eigenvalue weighted by molar-refractivity contribution is 5.28. The van der Waals surface area contributed by atoms with E-state index in [9.17, 15) is 5.11 Å². The summed E-state index contributed by atoms with van der Waals surface area (Å²) in [7, 11) is 0. The van der Waals surface area contributed by atoms with Gasteiger partial charge < -0.3 is 9.84 Å². The lowest BCUT2D eigenvalue weighted by Gasteiger charge is -2.30. The third-order valence-electron chi connectivity index (χ3n) is 4.04. The molecule has 0 bridgehead atoms. The first-order valence-corrected chi connectivity index (χ1v) is 7.11. The van der Waals surface area contributed by atoms with Gasteiger partial charge in [0.05, 0.1) is 12.7 Å². The van der Waals surface area contributed by atoms with E-state index in [4.69, 9.17) is 4.74 Å². The van der Waals surface area contributed by atoms with Gasteiger partial charge in [0.2, 0.25) is 0 Å². The number of aliphatic hydroxyl groups excluding tert-OH is 1. The Balaban J connectivity index is 1.97. The molecule has 1 unspecified atom stereocenters. The third-order valence-corrected chi connectivity index (χ3v) is 4.04. The predicted molar refractivity (Wildman–Crippen MR) is 73.7 cm³/mol. The Kier molecular flexibility index (Phi) is 4.65. The largest absolute Gasteiger partial charge is 0.494 e. The van der Waals surface area contributed by atoms with Crippen molar-refractivity contribution >= 4 is 0 Å². The molecule has 0 spiro atoms. The van der Waals surface area contributed by atoms with Gasteiger partial charge in [-0.15, -0.1) is 0 Å². The Hall–Kier alpha value is -1.02. The van der Waals surface area contributed by atoms with Gasteiger partial charge in [-0.05, 0) is 49.3 Å². The van der Waals surface area contributed by atoms with Crippen LogP contribution in [0.5, 0.6) is 5.75 Å². The van der Waals surface area contributed by atoms with Gasteiger partial charge in [-0.25, -0.2) is 0 Å². The van der Waals surface area contributed by atoms with Crippen molar-refractivity contribution in [2.45, 2.75) is 45.6 Å². The fourth-order valence-electron chi connectivity index (χ4n) is 2.80. The molecule has 1 aliphatic rings. The van der Waals surface area contributed by atoms with Gasteiger partial charge in [0, 0.05) is 0 Å². The van der Waals surface area contributed by atoms with Crippen LogP contribution in [0.15, 0.2) is 24.3 Å². The van der Waals surface area contributed by atoms with Gasteiger partial charge in [0.25, 0.3) is 0 Å². The first kappa shape index (κ1) is 13.4. The molecule has 1 aliphatic carbocycles. The SMILES string of the molecule is CCOc1ccc(C(O)C2CCC(C)CC2)cc1. The molecule has 0 aromatic heterocycles. The summed E-state index contributed by atoms with van der Waals surface area (Å²) in [5, 5.41) is 10.4. The van der Waals surface area contributed by atoms with Gasteiger partial charge in [-0.2, -0.15) is 0 Å². The zero-order valence-electron chi connectivity index (χ0n) is 11.4. The lowest BCUT2D eigenvalue weighted by atomic mass is 9.78. The minimum absolute atomic E-state index is 0.312. The smallest absolute Gasteiger partial charge is 0.119 e. The van der Waals surface area contributed by atoms with Crippen LogP contribution in [-0.4, -0.2) is 11.7 Å². The first-order valence-electron chi connectivity index (χ1n) is 7.11. The lowest BCUT2D eigenvalue weighted by Crippen LogP contribution is -2.19. The van der Waals surface area contributed by atoms with Crippen molar-refractivity contribution in [1.29, 1.82) is 0 Å². The number of benzene rings is 1. The second kappa shape index (κ2) is 6.24. The number of aliphatic hydroxyl groups is 1. The Bertz CT molecular complexity index is 350. The summed E-state index contributed by atoms with van der Waals surface area (Å²) in [6, 6.07) is 7.89. The van der Waals surface area contributed by atoms with Crippen molar-refractivity contribution in [1.82, 2.24) is 0 Å². The highest BCUT2D eigenvalue weighted by Gasteiger charge is 2.25. The second-order valence-electron chi connectivity index (χ2n) is 5.47. The fourth-order valence-corrected chi connectivity index (χ4v) is 2.80. The zero-order valence-corrected chi connectivity index (χ0v) is 11.4. The van der Waals surface area contributed by atoms with Crippen molar-refractivity contribution in [3.05, 3.63) is 29.8 Å². The van der Waals surface area contributed by atoms with Crippen LogP contribution in [0.1, 0.15) is 51.2 Å². The monoisotopic (exact) mass is 248 g/mol. The van der Waals surface area contributed by atoms with Crippen molar-refractivity contribution < 1.29 is 9.84 Å². The van der Waals surface area contributed by atoms with E-state index in [1.807, 2.05) is 31.2 Å². The van der Waals surface area contributed by atoms with Crippen LogP contribution in [0.4, 0.5) is 0 Å². The Labute approximate surface area is 110 Å². The number of rotatable bonds is 4. The van der Waals surface area contributed by atoms with Gasteiger partial charge in [-0.1, -0.05) is 31.9 Å². The maximum atomic E-state index is 10.4. The number of hydrogen-bond donors (Lipinski definition) is 1. The summed E-state index contributed by atoms with van der Waals surface area (Å²) < 4.78 is 5.42. The average molecular weight is 248 g/mol. The average Bonchev–Trinajstić information content (AvgIpc) is 2.40. The number of hydrogen-bond acceptors (Lipinski definition) is 2. The van der Waals surface area contributed by atoms with Crippen LogP contribution in [0.25, 0.3) is 0 Å². The molecule has 1 aromatic carbocycles. The third kappa shape index (κ3) is 3.26. The molecule has 1 fully saturated rings. The van der Waals surface area contributed by atoms with E-state index in [-0.39, 0.29) is 6.10 Å². The van der Waals surface area contributed by atoms with E-state index in [2.05, 4.69) is 6.92 Å². The quantitative estimate of drug-likeness (QED) is 0.874. The van der Waals surface area contributed by atoms with Crippen molar-refractivity contribution in [2.24, 2.45) is 11.8 Å². The Morgan fingerprint density at radius 3 is 2.33 bits per heavy atom. The van der Waals surface area contributed by atoms with E-state index < -0.39 is 0 Å². The molecule has 2 nitrogen and oxygen atoms in total. The molecule has 0 saturated heterocycles. The molecule has 1 atom stereocenters. The molecular formula is C16H24O2. The highest BCUT2D eigenvalue weighted by Crippen LogP contribution is 2.36. The maximum Gasteiger partial charge on any atom is 0.119 e. The van der Waals surface area contributed by atoms with Crippen molar-refractivity contribution in [3.63, 3.8) is 0 Å². The summed E-state index contributed by atoms with van der Waals surface area (Å²) in [5.74, 6) is 2.14. The van der Waals surface area contributed by atoms with Crippen LogP contribution < -0.4 is 4.74 Å². The summed E-state index contributed by atoms with van der Waals surface area (Å²) in [6.07, 6.45) is 4.48. The summed E-state index contributed by atoms with van der Waals surface area (Å²) >= 11 is 0. The minimum atomic E-state index is -0.312. The molecule has 0 radical (unpaired) electrons. The molecule has 18 heavy (non-hydrogen) atoms. The summed E-state index contributed by atoms with van der Waals surface area (Å²) in [5.41, 5.74) is 1.03. The Morgan fingerprint density at radius 1 is 1.17 bits per heavy atom. The molecule has 100 valence electrons. The highest BCUT2D eigenvalue weighted by atomic mass is 16.5.